The number of rotatable bonds is 7. The van der Waals surface area contributed by atoms with Crippen molar-refractivity contribution in [2.45, 2.75) is 44.6 Å². The minimum atomic E-state index is -0.382. The molecule has 1 aromatic carbocycles. The Bertz CT molecular complexity index is 473. The van der Waals surface area contributed by atoms with E-state index in [9.17, 15) is 9.18 Å². The molecule has 1 aliphatic carbocycles. The first-order valence-electron chi connectivity index (χ1n) is 7.96. The number of carbonyl (C=O) groups is 1. The first kappa shape index (κ1) is 16.7. The first-order valence-corrected chi connectivity index (χ1v) is 7.96. The number of hydrogen-bond donors (Lipinski definition) is 2. The van der Waals surface area contributed by atoms with Gasteiger partial charge in [0.1, 0.15) is 0 Å². The van der Waals surface area contributed by atoms with Gasteiger partial charge in [-0.05, 0) is 50.2 Å². The molecule has 0 radical (unpaired) electrons. The van der Waals surface area contributed by atoms with Crippen LogP contribution in [0.3, 0.4) is 0 Å². The van der Waals surface area contributed by atoms with Gasteiger partial charge in [-0.2, -0.15) is 0 Å². The molecule has 2 N–H and O–H groups in total. The molecule has 0 unspecified atom stereocenters. The lowest BCUT2D eigenvalue weighted by molar-refractivity contribution is -0.122. The van der Waals surface area contributed by atoms with Gasteiger partial charge in [-0.25, -0.2) is 4.39 Å². The summed E-state index contributed by atoms with van der Waals surface area (Å²) >= 11 is 0. The van der Waals surface area contributed by atoms with E-state index >= 15 is 0 Å². The van der Waals surface area contributed by atoms with Crippen molar-refractivity contribution in [3.8, 4) is 5.75 Å². The molecule has 1 aliphatic rings. The average molecular weight is 309 g/mol. The van der Waals surface area contributed by atoms with Gasteiger partial charge in [-0.1, -0.05) is 12.1 Å². The van der Waals surface area contributed by atoms with E-state index in [-0.39, 0.29) is 30.1 Å². The van der Waals surface area contributed by atoms with E-state index in [0.29, 0.717) is 25.4 Å². The molecule has 1 aromatic rings. The summed E-state index contributed by atoms with van der Waals surface area (Å²) in [6.45, 7) is 0.569. The highest BCUT2D eigenvalue weighted by Crippen LogP contribution is 2.23. The molecule has 0 atom stereocenters. The normalized spacial score (nSPS) is 21.4. The van der Waals surface area contributed by atoms with Gasteiger partial charge in [0.15, 0.2) is 11.6 Å². The van der Waals surface area contributed by atoms with Crippen molar-refractivity contribution < 1.29 is 19.0 Å². The Morgan fingerprint density at radius 2 is 2.00 bits per heavy atom. The summed E-state index contributed by atoms with van der Waals surface area (Å²) < 4.78 is 18.6. The Hall–Kier alpha value is -1.62. The van der Waals surface area contributed by atoms with Crippen LogP contribution in [0.5, 0.6) is 5.75 Å². The lowest BCUT2D eigenvalue weighted by Crippen LogP contribution is -2.38. The maximum absolute atomic E-state index is 13.3. The van der Waals surface area contributed by atoms with Crippen molar-refractivity contribution in [2.75, 3.05) is 13.2 Å². The number of nitrogens with one attached hydrogen (secondary N) is 1. The van der Waals surface area contributed by atoms with E-state index in [0.717, 1.165) is 25.7 Å². The third-order valence-electron chi connectivity index (χ3n) is 4.11. The molecule has 0 saturated heterocycles. The highest BCUT2D eigenvalue weighted by Gasteiger charge is 2.21. The third-order valence-corrected chi connectivity index (χ3v) is 4.11. The molecular formula is C17H24FNO3. The number of hydrogen-bond acceptors (Lipinski definition) is 3. The Balaban J connectivity index is 1.59. The summed E-state index contributed by atoms with van der Waals surface area (Å²) in [6.07, 6.45) is 4.75. The fraction of sp³-hybridized carbons (Fsp3) is 0.588. The summed E-state index contributed by atoms with van der Waals surface area (Å²) in [5, 5.41) is 12.1. The van der Waals surface area contributed by atoms with Crippen molar-refractivity contribution in [3.05, 3.63) is 30.1 Å². The number of benzene rings is 1. The highest BCUT2D eigenvalue weighted by molar-refractivity contribution is 5.76. The Morgan fingerprint density at radius 1 is 1.27 bits per heavy atom. The molecule has 0 bridgehead atoms. The maximum atomic E-state index is 13.3. The van der Waals surface area contributed by atoms with Crippen molar-refractivity contribution in [1.29, 1.82) is 0 Å². The molecule has 122 valence electrons. The number of ether oxygens (including phenoxy) is 1. The van der Waals surface area contributed by atoms with Crippen LogP contribution in [0.4, 0.5) is 4.39 Å². The maximum Gasteiger partial charge on any atom is 0.220 e. The van der Waals surface area contributed by atoms with Gasteiger partial charge in [0.2, 0.25) is 5.91 Å². The molecule has 0 heterocycles. The topological polar surface area (TPSA) is 58.6 Å². The zero-order chi connectivity index (χ0) is 15.8. The van der Waals surface area contributed by atoms with Crippen LogP contribution in [0.2, 0.25) is 0 Å². The Labute approximate surface area is 130 Å². The van der Waals surface area contributed by atoms with Crippen molar-refractivity contribution in [1.82, 2.24) is 5.32 Å². The van der Waals surface area contributed by atoms with E-state index in [1.54, 1.807) is 18.2 Å². The van der Waals surface area contributed by atoms with Crippen LogP contribution >= 0.6 is 0 Å². The van der Waals surface area contributed by atoms with E-state index in [1.807, 2.05) is 0 Å². The number of para-hydroxylation sites is 1. The molecule has 5 heteroatoms. The van der Waals surface area contributed by atoms with Crippen LogP contribution < -0.4 is 10.1 Å². The van der Waals surface area contributed by atoms with E-state index in [2.05, 4.69) is 5.32 Å². The second-order valence-electron chi connectivity index (χ2n) is 5.85. The summed E-state index contributed by atoms with van der Waals surface area (Å²) in [7, 11) is 0. The number of aliphatic hydroxyl groups is 1. The minimum absolute atomic E-state index is 0.0181. The van der Waals surface area contributed by atoms with Crippen molar-refractivity contribution in [3.63, 3.8) is 0 Å². The van der Waals surface area contributed by atoms with Crippen LogP contribution in [0.1, 0.15) is 38.5 Å². The molecule has 2 rings (SSSR count). The zero-order valence-electron chi connectivity index (χ0n) is 12.8. The summed E-state index contributed by atoms with van der Waals surface area (Å²) in [5.74, 6) is 0.254. The monoisotopic (exact) mass is 309 g/mol. The van der Waals surface area contributed by atoms with Gasteiger partial charge in [-0.3, -0.25) is 4.79 Å². The smallest absolute Gasteiger partial charge is 0.220 e. The van der Waals surface area contributed by atoms with Gasteiger partial charge in [0.25, 0.3) is 0 Å². The van der Waals surface area contributed by atoms with Crippen LogP contribution in [-0.4, -0.2) is 30.3 Å². The van der Waals surface area contributed by atoms with E-state index < -0.39 is 0 Å². The predicted octanol–water partition coefficient (Wildman–Crippen LogP) is 2.65. The van der Waals surface area contributed by atoms with Crippen LogP contribution in [0, 0.1) is 11.7 Å². The lowest BCUT2D eigenvalue weighted by atomic mass is 9.86. The Kier molecular flexibility index (Phi) is 6.65. The number of halogens is 1. The van der Waals surface area contributed by atoms with Gasteiger partial charge >= 0.3 is 0 Å². The molecule has 0 aromatic heterocycles. The standard InChI is InChI=1S/C17H24FNO3/c18-15-4-1-2-5-16(15)22-11-3-6-17(21)19-14-9-7-13(12-20)8-10-14/h1-2,4-5,13-14,20H,3,6-12H2,(H,19,21). The number of carbonyl (C=O) groups excluding carboxylic acids is 1. The largest absolute Gasteiger partial charge is 0.491 e. The van der Waals surface area contributed by atoms with Crippen LogP contribution in [0.25, 0.3) is 0 Å². The van der Waals surface area contributed by atoms with Crippen LogP contribution in [0.15, 0.2) is 24.3 Å². The highest BCUT2D eigenvalue weighted by atomic mass is 19.1. The first-order chi connectivity index (χ1) is 10.7. The molecule has 1 fully saturated rings. The van der Waals surface area contributed by atoms with Crippen molar-refractivity contribution >= 4 is 5.91 Å². The number of amides is 1. The second kappa shape index (κ2) is 8.73. The van der Waals surface area contributed by atoms with Gasteiger partial charge in [0.05, 0.1) is 6.61 Å². The average Bonchev–Trinajstić information content (AvgIpc) is 2.54. The number of aliphatic hydroxyl groups excluding tert-OH is 1. The third kappa shape index (κ3) is 5.30. The fourth-order valence-corrected chi connectivity index (χ4v) is 2.77. The minimum Gasteiger partial charge on any atom is -0.491 e. The fourth-order valence-electron chi connectivity index (χ4n) is 2.77. The zero-order valence-corrected chi connectivity index (χ0v) is 12.8. The molecule has 4 nitrogen and oxygen atoms in total. The molecule has 22 heavy (non-hydrogen) atoms. The molecule has 0 aliphatic heterocycles. The van der Waals surface area contributed by atoms with Crippen LogP contribution in [-0.2, 0) is 4.79 Å². The van der Waals surface area contributed by atoms with Gasteiger partial charge in [0, 0.05) is 19.1 Å². The summed E-state index contributed by atoms with van der Waals surface area (Å²) in [6, 6.07) is 6.48. The molecule has 1 saturated carbocycles. The molecular weight excluding hydrogens is 285 g/mol. The van der Waals surface area contributed by atoms with Gasteiger partial charge in [-0.15, -0.1) is 0 Å². The SMILES string of the molecule is O=C(CCCOc1ccccc1F)NC1CCC(CO)CC1. The summed E-state index contributed by atoms with van der Waals surface area (Å²) in [5.41, 5.74) is 0. The van der Waals surface area contributed by atoms with E-state index in [1.165, 1.54) is 6.07 Å². The van der Waals surface area contributed by atoms with Crippen molar-refractivity contribution in [2.24, 2.45) is 5.92 Å². The Morgan fingerprint density at radius 3 is 2.68 bits per heavy atom. The predicted molar refractivity (Wildman–Crippen MR) is 82.1 cm³/mol. The second-order valence-corrected chi connectivity index (χ2v) is 5.85. The van der Waals surface area contributed by atoms with E-state index in [4.69, 9.17) is 9.84 Å². The molecule has 0 spiro atoms. The van der Waals surface area contributed by atoms with Gasteiger partial charge < -0.3 is 15.2 Å². The summed E-state index contributed by atoms with van der Waals surface area (Å²) in [4.78, 5) is 11.9. The lowest BCUT2D eigenvalue weighted by Gasteiger charge is -2.27. The quantitative estimate of drug-likeness (QED) is 0.761. The molecule has 1 amide bonds.